The lowest BCUT2D eigenvalue weighted by atomic mass is 9.44. The summed E-state index contributed by atoms with van der Waals surface area (Å²) in [6.07, 6.45) is 11.4. The number of aromatic nitrogens is 2. The van der Waals surface area contributed by atoms with Crippen molar-refractivity contribution in [1.82, 2.24) is 25.9 Å². The molecule has 0 spiro atoms. The van der Waals surface area contributed by atoms with Crippen LogP contribution in [0.2, 0.25) is 0 Å². The molecular weight excluding hydrogens is 939 g/mol. The van der Waals surface area contributed by atoms with Gasteiger partial charge in [-0.1, -0.05) is 13.8 Å². The first-order valence-corrected chi connectivity index (χ1v) is 26.0. The molecule has 10 aliphatic carbocycles. The Labute approximate surface area is 424 Å². The molecule has 0 aliphatic heterocycles. The van der Waals surface area contributed by atoms with Crippen molar-refractivity contribution >= 4 is 45.9 Å². The quantitative estimate of drug-likeness (QED) is 0.0951. The topological polar surface area (TPSA) is 213 Å². The van der Waals surface area contributed by atoms with Crippen molar-refractivity contribution in [2.24, 2.45) is 53.1 Å². The van der Waals surface area contributed by atoms with E-state index in [0.29, 0.717) is 63.3 Å². The minimum atomic E-state index is -0.711. The van der Waals surface area contributed by atoms with Crippen molar-refractivity contribution in [2.75, 3.05) is 0 Å². The van der Waals surface area contributed by atoms with E-state index in [0.717, 1.165) is 69.7 Å². The van der Waals surface area contributed by atoms with Gasteiger partial charge in [0, 0.05) is 45.7 Å². The number of rotatable bonds is 11. The Morgan fingerprint density at radius 2 is 1.00 bits per heavy atom. The van der Waals surface area contributed by atoms with E-state index in [1.807, 2.05) is 48.5 Å². The lowest BCUT2D eigenvalue weighted by Crippen LogP contribution is -2.84. The fourth-order valence-electron chi connectivity index (χ4n) is 13.9. The van der Waals surface area contributed by atoms with Gasteiger partial charge in [0.1, 0.15) is 34.3 Å². The van der Waals surface area contributed by atoms with Gasteiger partial charge in [0.25, 0.3) is 0 Å². The number of carboxylic acids is 1. The van der Waals surface area contributed by atoms with E-state index in [9.17, 15) is 28.0 Å². The zero-order valence-electron chi connectivity index (χ0n) is 43.1. The Morgan fingerprint density at radius 1 is 0.616 bits per heavy atom. The fourth-order valence-corrected chi connectivity index (χ4v) is 13.9. The number of nitrogens with zero attached hydrogens (tertiary/aromatic N) is 2. The number of amides is 3. The van der Waals surface area contributed by atoms with E-state index in [4.69, 9.17) is 29.8 Å². The summed E-state index contributed by atoms with van der Waals surface area (Å²) in [5, 5.41) is 19.7. The van der Waals surface area contributed by atoms with Gasteiger partial charge in [-0.25, -0.2) is 18.4 Å². The van der Waals surface area contributed by atoms with Gasteiger partial charge in [-0.3, -0.25) is 19.6 Å². The molecule has 4 aromatic rings. The van der Waals surface area contributed by atoms with E-state index in [1.165, 1.54) is 24.3 Å². The van der Waals surface area contributed by atoms with E-state index in [2.05, 4.69) is 25.9 Å². The summed E-state index contributed by atoms with van der Waals surface area (Å²) in [5.74, 6) is 2.39. The average molecular weight is 1010 g/mol. The molecule has 3 amide bonds. The maximum Gasteiger partial charge on any atom is 0.408 e. The Bertz CT molecular complexity index is 2790. The lowest BCUT2D eigenvalue weighted by Gasteiger charge is -2.70. The van der Waals surface area contributed by atoms with Crippen LogP contribution in [0.5, 0.6) is 11.5 Å². The third-order valence-corrected chi connectivity index (χ3v) is 16.8. The van der Waals surface area contributed by atoms with Crippen LogP contribution in [0.3, 0.4) is 0 Å². The van der Waals surface area contributed by atoms with Gasteiger partial charge in [-0.05, 0) is 190 Å². The van der Waals surface area contributed by atoms with Crippen LogP contribution in [-0.2, 0) is 19.1 Å². The second kappa shape index (κ2) is 17.9. The third kappa shape index (κ3) is 10.5. The predicted octanol–water partition coefficient (Wildman–Crippen LogP) is 9.37. The number of carboxylic acid groups (broad SMARTS) is 1. The third-order valence-electron chi connectivity index (χ3n) is 16.8. The summed E-state index contributed by atoms with van der Waals surface area (Å²) in [5.41, 5.74) is 5.97. The first-order valence-electron chi connectivity index (χ1n) is 26.0. The molecule has 6 unspecified atom stereocenters. The van der Waals surface area contributed by atoms with Crippen LogP contribution in [0.15, 0.2) is 60.9 Å². The number of pyridine rings is 2. The molecule has 2 aromatic carbocycles. The standard InChI is InChI=1S/C28H34FN3O4.C18H18FNO3.C10H18N2O2/c1-15(24(33)31-27-12-28(13-27,14-27)32-25(34)36-26(2,3)4)23-18-10-17(11-19(18)23)35-22-7-8-30-21-6-5-16(29)9-20(21)22;1-9(18(21)22)17-12-7-11(8-13(12)17)23-16-4-5-20-15-3-2-10(19)6-14(15)16;1-8(2,3)14-7(13)12-10-4-9(11,5-10)6-10/h5-9,15,17-19,23H,10-14H2,1-4H3,(H,31,33)(H,32,34);2-6,9,11-13,17H,7-8H2,1H3,(H,21,22);4-6,11H2,1-3H3,(H,12,13)/t15?,17?,18-,19+,23?,27?,28?;9?,11?,12-,13+,17?;. The number of nitrogens with one attached hydrogen (secondary N) is 3. The molecule has 2 heterocycles. The highest BCUT2D eigenvalue weighted by molar-refractivity contribution is 5.86. The Balaban J connectivity index is 0.000000140. The molecule has 2 aromatic heterocycles. The Morgan fingerprint density at radius 3 is 1.38 bits per heavy atom. The number of carbonyl (C=O) groups excluding carboxylic acids is 3. The van der Waals surface area contributed by atoms with E-state index in [-0.39, 0.29) is 75.9 Å². The monoisotopic (exact) mass is 1010 g/mol. The van der Waals surface area contributed by atoms with Crippen molar-refractivity contribution in [2.45, 2.75) is 165 Å². The highest BCUT2D eigenvalue weighted by atomic mass is 19.1. The van der Waals surface area contributed by atoms with Gasteiger partial charge in [0.15, 0.2) is 0 Å². The van der Waals surface area contributed by atoms with Crippen LogP contribution >= 0.6 is 0 Å². The normalized spacial score (nSPS) is 34.1. The largest absolute Gasteiger partial charge is 0.490 e. The van der Waals surface area contributed by atoms with Gasteiger partial charge >= 0.3 is 18.2 Å². The van der Waals surface area contributed by atoms with Crippen molar-refractivity contribution in [1.29, 1.82) is 0 Å². The first kappa shape index (κ1) is 50.7. The highest BCUT2D eigenvalue weighted by Crippen LogP contribution is 2.64. The van der Waals surface area contributed by atoms with Crippen molar-refractivity contribution in [3.05, 3.63) is 72.6 Å². The first-order chi connectivity index (χ1) is 34.2. The number of benzene rings is 2. The zero-order valence-corrected chi connectivity index (χ0v) is 43.1. The zero-order chi connectivity index (χ0) is 52.2. The number of nitrogens with two attached hydrogens (primary N) is 1. The maximum absolute atomic E-state index is 13.8. The fraction of sp³-hybridized carbons (Fsp3) is 0.607. The van der Waals surface area contributed by atoms with Crippen molar-refractivity contribution in [3.63, 3.8) is 0 Å². The van der Waals surface area contributed by atoms with Crippen LogP contribution in [0.25, 0.3) is 21.8 Å². The Kier molecular flexibility index (Phi) is 12.4. The summed E-state index contributed by atoms with van der Waals surface area (Å²) >= 11 is 0. The Hall–Kier alpha value is -5.84. The molecule has 10 aliphatic rings. The van der Waals surface area contributed by atoms with E-state index in [1.54, 1.807) is 43.6 Å². The maximum atomic E-state index is 13.8. The minimum Gasteiger partial charge on any atom is -0.490 e. The molecule has 17 heteroatoms. The molecule has 14 rings (SSSR count). The highest BCUT2D eigenvalue weighted by Gasteiger charge is 2.70. The van der Waals surface area contributed by atoms with Gasteiger partial charge < -0.3 is 45.7 Å². The number of fused-ring (bicyclic) bond motifs is 4. The molecule has 10 fully saturated rings. The number of hydrogen-bond donors (Lipinski definition) is 5. The van der Waals surface area contributed by atoms with E-state index < -0.39 is 17.2 Å². The molecule has 4 bridgehead atoms. The molecule has 15 nitrogen and oxygen atoms in total. The number of alkyl carbamates (subject to hydrolysis) is 2. The van der Waals surface area contributed by atoms with Crippen LogP contribution in [0.1, 0.15) is 120 Å². The van der Waals surface area contributed by atoms with Crippen molar-refractivity contribution < 1.29 is 52.0 Å². The molecule has 10 saturated carbocycles. The van der Waals surface area contributed by atoms with Gasteiger partial charge in [-0.15, -0.1) is 0 Å². The second-order valence-corrected chi connectivity index (χ2v) is 25.1. The van der Waals surface area contributed by atoms with Gasteiger partial charge in [0.05, 0.1) is 34.7 Å². The van der Waals surface area contributed by atoms with E-state index >= 15 is 0 Å². The summed E-state index contributed by atoms with van der Waals surface area (Å²) in [4.78, 5) is 56.2. The summed E-state index contributed by atoms with van der Waals surface area (Å²) in [6.45, 7) is 15.0. The van der Waals surface area contributed by atoms with Gasteiger partial charge in [0.2, 0.25) is 5.91 Å². The lowest BCUT2D eigenvalue weighted by molar-refractivity contribution is -0.145. The molecule has 6 N–H and O–H groups in total. The molecule has 392 valence electrons. The summed E-state index contributed by atoms with van der Waals surface area (Å²) in [7, 11) is 0. The number of ether oxygens (including phenoxy) is 4. The predicted molar refractivity (Wildman–Crippen MR) is 267 cm³/mol. The van der Waals surface area contributed by atoms with Gasteiger partial charge in [-0.2, -0.15) is 0 Å². The van der Waals surface area contributed by atoms with Crippen LogP contribution in [0.4, 0.5) is 18.4 Å². The molecule has 0 radical (unpaired) electrons. The van der Waals surface area contributed by atoms with Crippen molar-refractivity contribution in [3.8, 4) is 11.5 Å². The SMILES string of the molecule is CC(C(=O)NC12CC(NC(=O)OC(C)(C)C)(C1)C2)C1[C@H]2CC(Oc3ccnc4ccc(F)cc34)C[C@@H]12.CC(C(=O)O)C1[C@H]2CC(Oc3ccnc4ccc(F)cc34)C[C@@H]12.CC(C)(C)OC(=O)NC12CC(N)(C1)C2. The molecular formula is C56H70F2N6O9. The van der Waals surface area contributed by atoms with Crippen LogP contribution < -0.4 is 31.2 Å². The number of halogens is 2. The molecule has 73 heavy (non-hydrogen) atoms. The molecule has 0 saturated heterocycles. The summed E-state index contributed by atoms with van der Waals surface area (Å²) < 4.78 is 50.1. The number of hydrogen-bond acceptors (Lipinski definition) is 11. The van der Waals surface area contributed by atoms with Crippen LogP contribution in [-0.4, -0.2) is 84.7 Å². The molecule has 10 atom stereocenters. The second-order valence-electron chi connectivity index (χ2n) is 25.1. The number of aliphatic carboxylic acids is 1. The number of carbonyl (C=O) groups is 4. The van der Waals surface area contributed by atoms with Crippen LogP contribution in [0, 0.1) is 59.0 Å². The smallest absolute Gasteiger partial charge is 0.408 e. The minimum absolute atomic E-state index is 0.0228. The average Bonchev–Trinajstić information content (AvgIpc) is 3.97. The summed E-state index contributed by atoms with van der Waals surface area (Å²) in [6, 6.07) is 12.6.